The van der Waals surface area contributed by atoms with Gasteiger partial charge >= 0.3 is 0 Å². The summed E-state index contributed by atoms with van der Waals surface area (Å²) in [4.78, 5) is 32.6. The first-order chi connectivity index (χ1) is 15.4. The van der Waals surface area contributed by atoms with E-state index in [1.165, 1.54) is 0 Å². The molecule has 1 fully saturated rings. The van der Waals surface area contributed by atoms with Crippen molar-refractivity contribution in [1.82, 2.24) is 20.4 Å². The summed E-state index contributed by atoms with van der Waals surface area (Å²) in [6.45, 7) is 10.9. The first-order valence-electron chi connectivity index (χ1n) is 10.8. The van der Waals surface area contributed by atoms with E-state index in [1.807, 2.05) is 25.4 Å². The number of thiazole rings is 1. The van der Waals surface area contributed by atoms with E-state index < -0.39 is 6.04 Å². The Morgan fingerprint density at radius 3 is 2.88 bits per heavy atom. The van der Waals surface area contributed by atoms with E-state index in [-0.39, 0.29) is 18.2 Å². The summed E-state index contributed by atoms with van der Waals surface area (Å²) in [6.07, 6.45) is 8.64. The van der Waals surface area contributed by atoms with Gasteiger partial charge in [-0.15, -0.1) is 11.3 Å². The Labute approximate surface area is 192 Å². The van der Waals surface area contributed by atoms with E-state index in [0.29, 0.717) is 25.3 Å². The number of rotatable bonds is 9. The Morgan fingerprint density at radius 1 is 1.41 bits per heavy atom. The van der Waals surface area contributed by atoms with Crippen LogP contribution in [0.2, 0.25) is 0 Å². The van der Waals surface area contributed by atoms with Gasteiger partial charge in [0.05, 0.1) is 28.2 Å². The topological polar surface area (TPSA) is 88.3 Å². The zero-order valence-corrected chi connectivity index (χ0v) is 19.7. The number of aryl methyl sites for hydroxylation is 2. The van der Waals surface area contributed by atoms with Gasteiger partial charge in [-0.1, -0.05) is 30.8 Å². The van der Waals surface area contributed by atoms with Gasteiger partial charge in [0, 0.05) is 19.2 Å². The second-order valence-electron chi connectivity index (χ2n) is 7.91. The SMILES string of the molecule is C=C(/C=C(\C=C/CC)c1scnc1C)CNC(=O)[C@@H]1CCCN1C(=O)Cc1cc(C)no1. The molecule has 7 nitrogen and oxygen atoms in total. The molecule has 2 aromatic heterocycles. The molecule has 0 bridgehead atoms. The molecule has 1 saturated heterocycles. The van der Waals surface area contributed by atoms with E-state index in [9.17, 15) is 9.59 Å². The van der Waals surface area contributed by atoms with Gasteiger partial charge in [0.25, 0.3) is 0 Å². The summed E-state index contributed by atoms with van der Waals surface area (Å²) in [5.74, 6) is 0.243. The minimum atomic E-state index is -0.466. The van der Waals surface area contributed by atoms with Gasteiger partial charge < -0.3 is 14.7 Å². The van der Waals surface area contributed by atoms with Crippen LogP contribution < -0.4 is 5.32 Å². The molecule has 170 valence electrons. The van der Waals surface area contributed by atoms with Crippen LogP contribution in [0.5, 0.6) is 0 Å². The van der Waals surface area contributed by atoms with E-state index in [1.54, 1.807) is 22.3 Å². The van der Waals surface area contributed by atoms with Crippen LogP contribution >= 0.6 is 11.3 Å². The van der Waals surface area contributed by atoms with Crippen LogP contribution in [0.1, 0.15) is 48.2 Å². The average molecular weight is 455 g/mol. The Morgan fingerprint density at radius 2 is 2.22 bits per heavy atom. The molecule has 2 aromatic rings. The van der Waals surface area contributed by atoms with Crippen molar-refractivity contribution in [2.45, 2.75) is 52.5 Å². The quantitative estimate of drug-likeness (QED) is 0.579. The fourth-order valence-corrected chi connectivity index (χ4v) is 4.49. The lowest BCUT2D eigenvalue weighted by molar-refractivity contribution is -0.138. The normalized spacial score (nSPS) is 16.7. The predicted molar refractivity (Wildman–Crippen MR) is 126 cm³/mol. The molecule has 8 heteroatoms. The maximum absolute atomic E-state index is 12.8. The van der Waals surface area contributed by atoms with Crippen molar-refractivity contribution >= 4 is 28.7 Å². The molecule has 1 N–H and O–H groups in total. The smallest absolute Gasteiger partial charge is 0.243 e. The van der Waals surface area contributed by atoms with Gasteiger partial charge in [-0.25, -0.2) is 4.98 Å². The number of carbonyl (C=O) groups excluding carboxylic acids is 2. The third kappa shape index (κ3) is 6.03. The molecule has 0 radical (unpaired) electrons. The fraction of sp³-hybridized carbons (Fsp3) is 0.417. The summed E-state index contributed by atoms with van der Waals surface area (Å²) >= 11 is 1.59. The van der Waals surface area contributed by atoms with E-state index in [4.69, 9.17) is 4.52 Å². The van der Waals surface area contributed by atoms with Crippen LogP contribution in [-0.4, -0.2) is 46.0 Å². The van der Waals surface area contributed by atoms with Crippen molar-refractivity contribution in [1.29, 1.82) is 0 Å². The molecule has 1 aliphatic rings. The molecule has 32 heavy (non-hydrogen) atoms. The molecule has 1 aliphatic heterocycles. The largest absolute Gasteiger partial charge is 0.361 e. The van der Waals surface area contributed by atoms with Crippen LogP contribution in [0, 0.1) is 13.8 Å². The third-order valence-electron chi connectivity index (χ3n) is 5.27. The van der Waals surface area contributed by atoms with Gasteiger partial charge in [0.1, 0.15) is 11.8 Å². The van der Waals surface area contributed by atoms with Gasteiger partial charge in [-0.3, -0.25) is 9.59 Å². The summed E-state index contributed by atoms with van der Waals surface area (Å²) in [7, 11) is 0. The first kappa shape index (κ1) is 23.7. The lowest BCUT2D eigenvalue weighted by Gasteiger charge is -2.23. The van der Waals surface area contributed by atoms with Gasteiger partial charge in [-0.2, -0.15) is 0 Å². The number of nitrogens with zero attached hydrogens (tertiary/aromatic N) is 3. The molecule has 2 amide bonds. The highest BCUT2D eigenvalue weighted by Gasteiger charge is 2.34. The molecule has 0 aromatic carbocycles. The lowest BCUT2D eigenvalue weighted by Crippen LogP contribution is -2.46. The zero-order chi connectivity index (χ0) is 23.1. The molecule has 1 atom stereocenters. The Hall–Kier alpha value is -3.00. The minimum Gasteiger partial charge on any atom is -0.361 e. The van der Waals surface area contributed by atoms with Crippen molar-refractivity contribution in [2.24, 2.45) is 0 Å². The van der Waals surface area contributed by atoms with Gasteiger partial charge in [0.2, 0.25) is 11.8 Å². The number of aromatic nitrogens is 2. The van der Waals surface area contributed by atoms with Crippen LogP contribution in [0.15, 0.2) is 46.5 Å². The van der Waals surface area contributed by atoms with Crippen molar-refractivity contribution < 1.29 is 14.1 Å². The van der Waals surface area contributed by atoms with Crippen molar-refractivity contribution in [3.05, 3.63) is 64.0 Å². The lowest BCUT2D eigenvalue weighted by atomic mass is 10.1. The molecule has 0 unspecified atom stereocenters. The van der Waals surface area contributed by atoms with E-state index in [0.717, 1.165) is 40.3 Å². The number of hydrogen-bond acceptors (Lipinski definition) is 6. The number of likely N-dealkylation sites (tertiary alicyclic amines) is 1. The van der Waals surface area contributed by atoms with Crippen molar-refractivity contribution in [3.63, 3.8) is 0 Å². The monoisotopic (exact) mass is 454 g/mol. The van der Waals surface area contributed by atoms with E-state index in [2.05, 4.69) is 41.1 Å². The Balaban J connectivity index is 1.60. The zero-order valence-electron chi connectivity index (χ0n) is 18.9. The summed E-state index contributed by atoms with van der Waals surface area (Å²) in [5.41, 5.74) is 5.35. The molecule has 3 heterocycles. The highest BCUT2D eigenvalue weighted by Crippen LogP contribution is 2.25. The maximum atomic E-state index is 12.8. The van der Waals surface area contributed by atoms with Crippen molar-refractivity contribution in [3.8, 4) is 0 Å². The highest BCUT2D eigenvalue weighted by atomic mass is 32.1. The van der Waals surface area contributed by atoms with E-state index >= 15 is 0 Å². The fourth-order valence-electron chi connectivity index (χ4n) is 3.69. The predicted octanol–water partition coefficient (Wildman–Crippen LogP) is 4.00. The van der Waals surface area contributed by atoms with Gasteiger partial charge in [-0.05, 0) is 50.3 Å². The molecule has 0 aliphatic carbocycles. The standard InChI is InChI=1S/C24H30N4O3S/c1-5-6-8-19(23-18(4)26-15-32-23)11-16(2)14-25-24(30)21-9-7-10-28(21)22(29)13-20-12-17(3)27-31-20/h6,8,11-12,15,21H,2,5,7,9-10,13-14H2,1,3-4H3,(H,25,30)/b8-6-,19-11+/t21-/m0/s1. The number of carbonyl (C=O) groups is 2. The summed E-state index contributed by atoms with van der Waals surface area (Å²) in [5, 5.41) is 6.77. The highest BCUT2D eigenvalue weighted by molar-refractivity contribution is 7.11. The number of hydrogen-bond donors (Lipinski definition) is 1. The van der Waals surface area contributed by atoms with Crippen LogP contribution in [0.4, 0.5) is 0 Å². The molecular weight excluding hydrogens is 424 g/mol. The number of allylic oxidation sites excluding steroid dienone is 3. The number of amides is 2. The first-order valence-corrected chi connectivity index (χ1v) is 11.7. The minimum absolute atomic E-state index is 0.112. The molecule has 0 spiro atoms. The number of nitrogens with one attached hydrogen (secondary N) is 1. The van der Waals surface area contributed by atoms with Crippen molar-refractivity contribution in [2.75, 3.05) is 13.1 Å². The summed E-state index contributed by atoms with van der Waals surface area (Å²) < 4.78 is 5.15. The second-order valence-corrected chi connectivity index (χ2v) is 8.76. The Kier molecular flexibility index (Phi) is 8.16. The van der Waals surface area contributed by atoms with Crippen LogP contribution in [0.3, 0.4) is 0 Å². The van der Waals surface area contributed by atoms with Gasteiger partial charge in [0.15, 0.2) is 0 Å². The van der Waals surface area contributed by atoms with Crippen LogP contribution in [0.25, 0.3) is 5.57 Å². The molecule has 0 saturated carbocycles. The maximum Gasteiger partial charge on any atom is 0.243 e. The molecule has 3 rings (SSSR count). The molecular formula is C24H30N4O3S. The Bertz CT molecular complexity index is 1030. The second kappa shape index (κ2) is 11.0. The third-order valence-corrected chi connectivity index (χ3v) is 6.25. The van der Waals surface area contributed by atoms with Crippen LogP contribution in [-0.2, 0) is 16.0 Å². The average Bonchev–Trinajstić information content (AvgIpc) is 3.50. The summed E-state index contributed by atoms with van der Waals surface area (Å²) in [6, 6.07) is 1.28.